The van der Waals surface area contributed by atoms with Crippen LogP contribution in [0.4, 0.5) is 0 Å². The molecule has 1 fully saturated rings. The standard InChI is InChI=1S/C15H26N6O2/c1-4-13-19-18-11-21(13)10-7-17-15(16-2)20-8-5-12(6-9-20)14(22)23-3/h11-12H,4-10H2,1-3H3,(H,16,17). The number of carbonyl (C=O) groups excluding carboxylic acids is 1. The Morgan fingerprint density at radius 1 is 1.48 bits per heavy atom. The first-order valence-corrected chi connectivity index (χ1v) is 8.09. The molecule has 0 radical (unpaired) electrons. The Morgan fingerprint density at radius 2 is 2.22 bits per heavy atom. The first kappa shape index (κ1) is 17.2. The minimum atomic E-state index is -0.104. The number of likely N-dealkylation sites (tertiary alicyclic amines) is 1. The summed E-state index contributed by atoms with van der Waals surface area (Å²) in [5.74, 6) is 1.77. The molecule has 1 aliphatic rings. The fraction of sp³-hybridized carbons (Fsp3) is 0.733. The molecule has 0 saturated carbocycles. The van der Waals surface area contributed by atoms with E-state index in [1.165, 1.54) is 7.11 Å². The Bertz CT molecular complexity index is 534. The maximum absolute atomic E-state index is 11.6. The first-order valence-electron chi connectivity index (χ1n) is 8.09. The van der Waals surface area contributed by atoms with Crippen LogP contribution in [0, 0.1) is 5.92 Å². The maximum atomic E-state index is 11.6. The van der Waals surface area contributed by atoms with Crippen molar-refractivity contribution in [3.05, 3.63) is 12.2 Å². The fourth-order valence-corrected chi connectivity index (χ4v) is 2.85. The van der Waals surface area contributed by atoms with E-state index in [9.17, 15) is 4.79 Å². The van der Waals surface area contributed by atoms with Gasteiger partial charge in [-0.05, 0) is 12.8 Å². The summed E-state index contributed by atoms with van der Waals surface area (Å²) in [6.45, 7) is 5.25. The SMILES string of the molecule is CCc1nncn1CCNC(=NC)N1CCC(C(=O)OC)CC1. The molecule has 0 bridgehead atoms. The number of nitrogens with one attached hydrogen (secondary N) is 1. The average Bonchev–Trinajstić information content (AvgIpc) is 3.05. The van der Waals surface area contributed by atoms with E-state index < -0.39 is 0 Å². The van der Waals surface area contributed by atoms with Crippen LogP contribution in [0.3, 0.4) is 0 Å². The van der Waals surface area contributed by atoms with Crippen molar-refractivity contribution in [1.82, 2.24) is 25.0 Å². The van der Waals surface area contributed by atoms with Crippen LogP contribution in [0.5, 0.6) is 0 Å². The lowest BCUT2D eigenvalue weighted by Crippen LogP contribution is -2.47. The number of esters is 1. The van der Waals surface area contributed by atoms with E-state index in [1.54, 1.807) is 13.4 Å². The summed E-state index contributed by atoms with van der Waals surface area (Å²) in [6.07, 6.45) is 4.23. The van der Waals surface area contributed by atoms with Crippen LogP contribution >= 0.6 is 0 Å². The summed E-state index contributed by atoms with van der Waals surface area (Å²) in [4.78, 5) is 18.1. The monoisotopic (exact) mass is 322 g/mol. The molecule has 8 nitrogen and oxygen atoms in total. The molecule has 1 aliphatic heterocycles. The van der Waals surface area contributed by atoms with Gasteiger partial charge in [-0.15, -0.1) is 10.2 Å². The van der Waals surface area contributed by atoms with Crippen molar-refractivity contribution in [3.63, 3.8) is 0 Å². The Balaban J connectivity index is 1.79. The lowest BCUT2D eigenvalue weighted by molar-refractivity contribution is -0.146. The highest BCUT2D eigenvalue weighted by molar-refractivity contribution is 5.80. The second-order valence-corrected chi connectivity index (χ2v) is 5.55. The summed E-state index contributed by atoms with van der Waals surface area (Å²) in [5.41, 5.74) is 0. The minimum Gasteiger partial charge on any atom is -0.469 e. The molecule has 0 unspecified atom stereocenters. The molecule has 1 saturated heterocycles. The number of rotatable bonds is 5. The molecule has 128 valence electrons. The van der Waals surface area contributed by atoms with E-state index in [1.807, 2.05) is 4.57 Å². The van der Waals surface area contributed by atoms with Crippen LogP contribution < -0.4 is 5.32 Å². The quantitative estimate of drug-likeness (QED) is 0.477. The Kier molecular flexibility index (Phi) is 6.37. The molecule has 1 aromatic rings. The van der Waals surface area contributed by atoms with Crippen molar-refractivity contribution < 1.29 is 9.53 Å². The van der Waals surface area contributed by atoms with Crippen molar-refractivity contribution in [2.45, 2.75) is 32.7 Å². The third kappa shape index (κ3) is 4.43. The number of ether oxygens (including phenoxy) is 1. The van der Waals surface area contributed by atoms with Gasteiger partial charge in [0.2, 0.25) is 0 Å². The lowest BCUT2D eigenvalue weighted by atomic mass is 9.97. The molecule has 0 spiro atoms. The fourth-order valence-electron chi connectivity index (χ4n) is 2.85. The number of methoxy groups -OCH3 is 1. The molecule has 0 atom stereocenters. The van der Waals surface area contributed by atoms with Gasteiger partial charge in [-0.25, -0.2) is 0 Å². The second kappa shape index (κ2) is 8.50. The van der Waals surface area contributed by atoms with E-state index in [-0.39, 0.29) is 11.9 Å². The van der Waals surface area contributed by atoms with E-state index in [4.69, 9.17) is 4.74 Å². The Hall–Kier alpha value is -2.12. The number of guanidine groups is 1. The summed E-state index contributed by atoms with van der Waals surface area (Å²) in [7, 11) is 3.23. The smallest absolute Gasteiger partial charge is 0.308 e. The van der Waals surface area contributed by atoms with Crippen molar-refractivity contribution >= 4 is 11.9 Å². The number of aryl methyl sites for hydroxylation is 1. The molecule has 0 aromatic carbocycles. The van der Waals surface area contributed by atoms with Crippen LogP contribution in [-0.2, 0) is 22.5 Å². The molecule has 1 N–H and O–H groups in total. The van der Waals surface area contributed by atoms with Gasteiger partial charge < -0.3 is 19.5 Å². The summed E-state index contributed by atoms with van der Waals surface area (Å²) >= 11 is 0. The van der Waals surface area contributed by atoms with Crippen molar-refractivity contribution in [1.29, 1.82) is 0 Å². The van der Waals surface area contributed by atoms with Crippen molar-refractivity contribution in [3.8, 4) is 0 Å². The van der Waals surface area contributed by atoms with Gasteiger partial charge in [-0.3, -0.25) is 9.79 Å². The van der Waals surface area contributed by atoms with E-state index >= 15 is 0 Å². The molecule has 1 aromatic heterocycles. The molecule has 2 rings (SSSR count). The zero-order valence-corrected chi connectivity index (χ0v) is 14.2. The van der Waals surface area contributed by atoms with Crippen LogP contribution in [0.1, 0.15) is 25.6 Å². The summed E-state index contributed by atoms with van der Waals surface area (Å²) in [5, 5.41) is 11.4. The zero-order valence-electron chi connectivity index (χ0n) is 14.2. The van der Waals surface area contributed by atoms with Crippen LogP contribution in [0.25, 0.3) is 0 Å². The van der Waals surface area contributed by atoms with Gasteiger partial charge in [0.25, 0.3) is 0 Å². The van der Waals surface area contributed by atoms with Crippen LogP contribution in [0.15, 0.2) is 11.3 Å². The number of piperidine rings is 1. The third-order valence-electron chi connectivity index (χ3n) is 4.19. The van der Waals surface area contributed by atoms with Gasteiger partial charge in [-0.2, -0.15) is 0 Å². The number of aliphatic imine (C=N–C) groups is 1. The zero-order chi connectivity index (χ0) is 16.7. The van der Waals surface area contributed by atoms with E-state index in [0.29, 0.717) is 0 Å². The molecular formula is C15H26N6O2. The topological polar surface area (TPSA) is 84.6 Å². The van der Waals surface area contributed by atoms with Gasteiger partial charge in [0.1, 0.15) is 12.2 Å². The van der Waals surface area contributed by atoms with Crippen LogP contribution in [0.2, 0.25) is 0 Å². The van der Waals surface area contributed by atoms with E-state index in [2.05, 4.69) is 32.3 Å². The number of carbonyl (C=O) groups is 1. The van der Waals surface area contributed by atoms with Crippen LogP contribution in [-0.4, -0.2) is 65.4 Å². The van der Waals surface area contributed by atoms with Gasteiger partial charge in [0, 0.05) is 39.6 Å². The summed E-state index contributed by atoms with van der Waals surface area (Å²) in [6, 6.07) is 0. The second-order valence-electron chi connectivity index (χ2n) is 5.55. The molecule has 8 heteroatoms. The maximum Gasteiger partial charge on any atom is 0.308 e. The van der Waals surface area contributed by atoms with Gasteiger partial charge in [-0.1, -0.05) is 6.92 Å². The van der Waals surface area contributed by atoms with Crippen molar-refractivity contribution in [2.24, 2.45) is 10.9 Å². The number of nitrogens with zero attached hydrogens (tertiary/aromatic N) is 5. The largest absolute Gasteiger partial charge is 0.469 e. The highest BCUT2D eigenvalue weighted by Gasteiger charge is 2.26. The lowest BCUT2D eigenvalue weighted by Gasteiger charge is -2.33. The first-order chi connectivity index (χ1) is 11.2. The third-order valence-corrected chi connectivity index (χ3v) is 4.19. The number of hydrogen-bond acceptors (Lipinski definition) is 5. The van der Waals surface area contributed by atoms with Gasteiger partial charge in [0.15, 0.2) is 5.96 Å². The van der Waals surface area contributed by atoms with Crippen molar-refractivity contribution in [2.75, 3.05) is 33.8 Å². The number of aromatic nitrogens is 3. The predicted molar refractivity (Wildman–Crippen MR) is 87.1 cm³/mol. The molecule has 2 heterocycles. The van der Waals surface area contributed by atoms with Gasteiger partial charge >= 0.3 is 5.97 Å². The Morgan fingerprint density at radius 3 is 2.83 bits per heavy atom. The number of hydrogen-bond donors (Lipinski definition) is 1. The molecule has 0 aliphatic carbocycles. The van der Waals surface area contributed by atoms with E-state index in [0.717, 1.165) is 57.2 Å². The normalized spacial score (nSPS) is 16.5. The van der Waals surface area contributed by atoms with Gasteiger partial charge in [0.05, 0.1) is 13.0 Å². The minimum absolute atomic E-state index is 0.0125. The highest BCUT2D eigenvalue weighted by atomic mass is 16.5. The Labute approximate surface area is 136 Å². The summed E-state index contributed by atoms with van der Waals surface area (Å²) < 4.78 is 6.87. The molecule has 0 amide bonds. The molecule has 23 heavy (non-hydrogen) atoms. The highest BCUT2D eigenvalue weighted by Crippen LogP contribution is 2.18. The predicted octanol–water partition coefficient (Wildman–Crippen LogP) is 0.301. The average molecular weight is 322 g/mol. The molecular weight excluding hydrogens is 296 g/mol.